The molecule has 14 nitrogen and oxygen atoms in total. The van der Waals surface area contributed by atoms with Gasteiger partial charge in [-0.3, -0.25) is 19.2 Å². The largest absolute Gasteiger partial charge is 0.456 e. The van der Waals surface area contributed by atoms with Gasteiger partial charge in [-0.1, -0.05) is 81.8 Å². The molecule has 0 radical (unpaired) electrons. The Bertz CT molecular complexity index is 2190. The van der Waals surface area contributed by atoms with Crippen LogP contribution in [0.5, 0.6) is 0 Å². The fraction of sp³-hybridized carbons (Fsp3) is 0.655. The van der Waals surface area contributed by atoms with Gasteiger partial charge in [0.15, 0.2) is 5.78 Å². The minimum Gasteiger partial charge on any atom is -0.456 e. The first kappa shape index (κ1) is 54.2. The number of esters is 1. The van der Waals surface area contributed by atoms with E-state index in [-0.39, 0.29) is 68.0 Å². The number of hydrogen-bond acceptors (Lipinski definition) is 13. The predicted molar refractivity (Wildman–Crippen MR) is 260 cm³/mol. The molecule has 0 aromatic heterocycles. The summed E-state index contributed by atoms with van der Waals surface area (Å²) in [5, 5.41) is 26.0. The fourth-order valence-corrected chi connectivity index (χ4v) is 11.2. The van der Waals surface area contributed by atoms with Crippen LogP contribution in [0.2, 0.25) is 0 Å². The third kappa shape index (κ3) is 12.9. The molecule has 380 valence electrons. The summed E-state index contributed by atoms with van der Waals surface area (Å²) in [6.07, 6.45) is 3.79. The van der Waals surface area contributed by atoms with Gasteiger partial charge in [-0.15, -0.1) is 0 Å². The number of Topliss-reactive ketones (excluding diaryl/α,β-unsaturated/α-hetero) is 3. The zero-order chi connectivity index (χ0) is 50.2. The molecule has 69 heavy (non-hydrogen) atoms. The summed E-state index contributed by atoms with van der Waals surface area (Å²) in [6.45, 7) is 11.2. The van der Waals surface area contributed by atoms with Gasteiger partial charge in [0.25, 0.3) is 11.7 Å². The molecule has 3 fully saturated rings. The van der Waals surface area contributed by atoms with Crippen molar-refractivity contribution in [1.29, 1.82) is 0 Å². The molecule has 2 bridgehead atoms. The molecule has 14 heteroatoms. The van der Waals surface area contributed by atoms with E-state index in [0.29, 0.717) is 62.5 Å². The molecule has 14 atom stereocenters. The standard InChI is InChI=1S/C55H77NO13/c1-10-38-24-32(2)23-33(3)25-48(65-8)51-49(66-9)27-35(5)55(63,69-51)52(60)53(61)56-22-14-13-17-42(56)54(62)68-50(36(6)43(57)30-44(38)58)34(4)26-37-18-21-46(47(28-37)64-7)67-31-45(59)41-20-19-39-15-11-12-16-40(39)29-41/h11-12,15-16,19-20,24,26,29,33,35-38,42-43,46-51,57,63H,10,13-14,17-18,21-23,25,27-28,30-31H2,1-9H3/b32-24+,34-26+/t33-,35+,36+,37?,38+,42-,43+,46+,47+,48?,49-,50+,51+,55+/m0/s1. The van der Waals surface area contributed by atoms with Crippen molar-refractivity contribution in [3.05, 3.63) is 71.3 Å². The summed E-state index contributed by atoms with van der Waals surface area (Å²) < 4.78 is 36.6. The van der Waals surface area contributed by atoms with Crippen LogP contribution in [-0.2, 0) is 47.6 Å². The van der Waals surface area contributed by atoms with Crippen LogP contribution in [0.25, 0.3) is 10.8 Å². The molecule has 2 saturated heterocycles. The van der Waals surface area contributed by atoms with Gasteiger partial charge >= 0.3 is 5.97 Å². The first-order chi connectivity index (χ1) is 32.9. The van der Waals surface area contributed by atoms with Crippen molar-refractivity contribution in [1.82, 2.24) is 4.90 Å². The van der Waals surface area contributed by atoms with Crippen molar-refractivity contribution in [2.75, 3.05) is 34.5 Å². The van der Waals surface area contributed by atoms with Gasteiger partial charge in [-0.25, -0.2) is 4.79 Å². The number of carbonyl (C=O) groups is 5. The number of nitrogens with zero attached hydrogens (tertiary/aromatic N) is 1. The Morgan fingerprint density at radius 2 is 1.57 bits per heavy atom. The van der Waals surface area contributed by atoms with Crippen molar-refractivity contribution in [2.24, 2.45) is 29.6 Å². The summed E-state index contributed by atoms with van der Waals surface area (Å²) >= 11 is 0. The Labute approximate surface area is 408 Å². The van der Waals surface area contributed by atoms with E-state index in [0.717, 1.165) is 16.3 Å². The number of aliphatic hydroxyl groups excluding tert-OH is 1. The lowest BCUT2D eigenvalue weighted by atomic mass is 9.81. The van der Waals surface area contributed by atoms with E-state index in [1.54, 1.807) is 21.0 Å². The quantitative estimate of drug-likeness (QED) is 0.103. The first-order valence-electron chi connectivity index (χ1n) is 25.2. The number of carbonyl (C=O) groups excluding carboxylic acids is 5. The van der Waals surface area contributed by atoms with E-state index in [4.69, 9.17) is 28.4 Å². The van der Waals surface area contributed by atoms with E-state index in [1.165, 1.54) is 19.1 Å². The number of rotatable bonds is 10. The second-order valence-electron chi connectivity index (χ2n) is 20.4. The Hall–Kier alpha value is -4.15. The van der Waals surface area contributed by atoms with Crippen LogP contribution in [0.4, 0.5) is 0 Å². The maximum Gasteiger partial charge on any atom is 0.329 e. The Morgan fingerprint density at radius 3 is 2.26 bits per heavy atom. The lowest BCUT2D eigenvalue weighted by molar-refractivity contribution is -0.302. The predicted octanol–water partition coefficient (Wildman–Crippen LogP) is 7.53. The smallest absolute Gasteiger partial charge is 0.329 e. The highest BCUT2D eigenvalue weighted by Gasteiger charge is 2.56. The topological polar surface area (TPSA) is 184 Å². The van der Waals surface area contributed by atoms with Crippen molar-refractivity contribution < 1.29 is 62.6 Å². The molecule has 1 saturated carbocycles. The van der Waals surface area contributed by atoms with Crippen LogP contribution in [-0.4, -0.2) is 133 Å². The monoisotopic (exact) mass is 960 g/mol. The Kier molecular flexibility index (Phi) is 19.1. The summed E-state index contributed by atoms with van der Waals surface area (Å²) in [4.78, 5) is 71.8. The molecule has 2 unspecified atom stereocenters. The van der Waals surface area contributed by atoms with E-state index < -0.39 is 77.8 Å². The molecule has 4 aliphatic rings. The number of ketones is 3. The highest BCUT2D eigenvalue weighted by molar-refractivity contribution is 6.39. The van der Waals surface area contributed by atoms with Gasteiger partial charge in [0.05, 0.1) is 30.5 Å². The maximum absolute atomic E-state index is 14.6. The normalized spacial score (nSPS) is 35.9. The summed E-state index contributed by atoms with van der Waals surface area (Å²) in [5.74, 6) is -7.85. The molecule has 2 N–H and O–H groups in total. The highest BCUT2D eigenvalue weighted by Crippen LogP contribution is 2.39. The SMILES string of the molecule is CC[C@@H]1/C=C(\C)C[C@H](C)CC(OC)[C@H]2O[C@@](O)(C(=O)C(=O)N3CCCC[C@H]3C(=O)O[C@H](/C(C)=C/C3CC[C@@H](OCC(=O)c4ccc5ccccc5c4)[C@H](OC)C3)[C@H](C)[C@H](O)CC1=O)[C@H](C)C[C@@H]2OC. The van der Waals surface area contributed by atoms with Gasteiger partial charge in [0.2, 0.25) is 5.79 Å². The number of piperidine rings is 1. The van der Waals surface area contributed by atoms with Crippen LogP contribution < -0.4 is 0 Å². The molecule has 2 aromatic carbocycles. The first-order valence-corrected chi connectivity index (χ1v) is 25.2. The number of ether oxygens (including phenoxy) is 6. The number of aliphatic hydroxyl groups is 2. The summed E-state index contributed by atoms with van der Waals surface area (Å²) in [5.41, 5.74) is 2.21. The molecule has 1 amide bonds. The van der Waals surface area contributed by atoms with Gasteiger partial charge < -0.3 is 43.5 Å². The number of allylic oxidation sites excluding steroid dienone is 3. The molecule has 3 heterocycles. The number of methoxy groups -OCH3 is 3. The number of hydrogen-bond donors (Lipinski definition) is 2. The number of cyclic esters (lactones) is 1. The summed E-state index contributed by atoms with van der Waals surface area (Å²) in [7, 11) is 4.68. The van der Waals surface area contributed by atoms with E-state index in [1.807, 2.05) is 75.4 Å². The average Bonchev–Trinajstić information content (AvgIpc) is 3.35. The Balaban J connectivity index is 1.26. The molecule has 1 aliphatic carbocycles. The van der Waals surface area contributed by atoms with Crippen molar-refractivity contribution in [3.63, 3.8) is 0 Å². The second kappa shape index (κ2) is 24.3. The van der Waals surface area contributed by atoms with Crippen molar-refractivity contribution in [3.8, 4) is 0 Å². The van der Waals surface area contributed by atoms with Crippen molar-refractivity contribution >= 4 is 40.0 Å². The van der Waals surface area contributed by atoms with E-state index in [2.05, 4.69) is 6.92 Å². The maximum atomic E-state index is 14.6. The van der Waals surface area contributed by atoms with E-state index >= 15 is 0 Å². The molecule has 0 spiro atoms. The highest BCUT2D eigenvalue weighted by atomic mass is 16.7. The molecule has 3 aliphatic heterocycles. The van der Waals surface area contributed by atoms with Crippen LogP contribution in [0.1, 0.15) is 123 Å². The number of amides is 1. The lowest BCUT2D eigenvalue weighted by Gasteiger charge is -2.47. The summed E-state index contributed by atoms with van der Waals surface area (Å²) in [6, 6.07) is 12.3. The second-order valence-corrected chi connectivity index (χ2v) is 20.4. The molecular weight excluding hydrogens is 883 g/mol. The minimum atomic E-state index is -2.52. The lowest BCUT2D eigenvalue weighted by Crippen LogP contribution is -2.64. The number of fused-ring (bicyclic) bond motifs is 4. The molecule has 6 rings (SSSR count). The average molecular weight is 960 g/mol. The number of benzene rings is 2. The zero-order valence-corrected chi connectivity index (χ0v) is 42.2. The third-order valence-corrected chi connectivity index (χ3v) is 15.4. The van der Waals surface area contributed by atoms with Crippen LogP contribution in [0.15, 0.2) is 65.8 Å². The van der Waals surface area contributed by atoms with Gasteiger partial charge in [-0.2, -0.15) is 0 Å². The van der Waals surface area contributed by atoms with Crippen LogP contribution in [0, 0.1) is 29.6 Å². The zero-order valence-electron chi connectivity index (χ0n) is 42.2. The molecular formula is C55H77NO13. The van der Waals surface area contributed by atoms with Crippen molar-refractivity contribution in [2.45, 2.75) is 167 Å². The third-order valence-electron chi connectivity index (χ3n) is 15.4. The van der Waals surface area contributed by atoms with Crippen LogP contribution in [0.3, 0.4) is 0 Å². The molecule has 2 aromatic rings. The van der Waals surface area contributed by atoms with Gasteiger partial charge in [-0.05, 0) is 112 Å². The van der Waals surface area contributed by atoms with Crippen LogP contribution >= 0.6 is 0 Å². The minimum absolute atomic E-state index is 0.0178. The van der Waals surface area contributed by atoms with Gasteiger partial charge in [0.1, 0.15) is 30.6 Å². The van der Waals surface area contributed by atoms with E-state index in [9.17, 15) is 34.2 Å². The Morgan fingerprint density at radius 1 is 0.870 bits per heavy atom. The fourth-order valence-electron chi connectivity index (χ4n) is 11.2. The van der Waals surface area contributed by atoms with Gasteiger partial charge in [0, 0.05) is 57.6 Å².